The number of carboxylic acid groups (broad SMARTS) is 1. The van der Waals surface area contributed by atoms with Crippen molar-refractivity contribution in [3.05, 3.63) is 59.7 Å². The van der Waals surface area contributed by atoms with Crippen LogP contribution in [0.1, 0.15) is 15.9 Å². The minimum Gasteiger partial charge on any atom is -0.870 e. The summed E-state index contributed by atoms with van der Waals surface area (Å²) in [6.07, 6.45) is 0.0462. The molecule has 120 valence electrons. The van der Waals surface area contributed by atoms with E-state index in [0.717, 1.165) is 0 Å². The Kier molecular flexibility index (Phi) is 7.78. The summed E-state index contributed by atoms with van der Waals surface area (Å²) in [5, 5.41) is 23.3. The number of carboxylic acids is 1. The van der Waals surface area contributed by atoms with Crippen LogP contribution in [-0.2, 0) is 11.2 Å². The summed E-state index contributed by atoms with van der Waals surface area (Å²) < 4.78 is 4.93. The van der Waals surface area contributed by atoms with Gasteiger partial charge in [0.25, 0.3) is 5.91 Å². The summed E-state index contributed by atoms with van der Waals surface area (Å²) in [6, 6.07) is 11.6. The first-order valence-electron chi connectivity index (χ1n) is 6.94. The van der Waals surface area contributed by atoms with E-state index in [1.54, 1.807) is 30.3 Å². The number of aliphatic carboxylic acids is 1. The zero-order chi connectivity index (χ0) is 16.8. The summed E-state index contributed by atoms with van der Waals surface area (Å²) >= 11 is 0. The van der Waals surface area contributed by atoms with Crippen LogP contribution < -0.4 is 44.7 Å². The van der Waals surface area contributed by atoms with Gasteiger partial charge in [0.2, 0.25) is 0 Å². The molecule has 2 rings (SSSR count). The fraction of sp³-hybridized carbons (Fsp3) is 0.176. The van der Waals surface area contributed by atoms with Crippen LogP contribution in [0.3, 0.4) is 0 Å². The summed E-state index contributed by atoms with van der Waals surface area (Å²) in [4.78, 5) is 23.5. The molecule has 0 aliphatic heterocycles. The molecule has 0 aliphatic carbocycles. The van der Waals surface area contributed by atoms with Crippen LogP contribution in [-0.4, -0.2) is 30.1 Å². The number of ether oxygens (including phenoxy) is 1. The number of methoxy groups -OCH3 is 1. The van der Waals surface area contributed by atoms with Crippen molar-refractivity contribution in [3.63, 3.8) is 0 Å². The minimum atomic E-state index is -1.15. The second-order valence-corrected chi connectivity index (χ2v) is 4.92. The van der Waals surface area contributed by atoms with Crippen LogP contribution >= 0.6 is 0 Å². The molecule has 0 aliphatic rings. The molecule has 1 atom stereocenters. The molecule has 0 unspecified atom stereocenters. The Bertz CT molecular complexity index is 705. The molecule has 24 heavy (non-hydrogen) atoms. The Morgan fingerprint density at radius 2 is 1.88 bits per heavy atom. The Morgan fingerprint density at radius 3 is 2.46 bits per heavy atom. The Morgan fingerprint density at radius 1 is 1.21 bits per heavy atom. The minimum absolute atomic E-state index is 0. The van der Waals surface area contributed by atoms with Gasteiger partial charge >= 0.3 is 35.5 Å². The standard InChI is InChI=1S/C17H17NO5.Na/c1-23-15-10-11(7-8-14(15)19)9-13(17(21)22)18-16(20)12-5-3-2-4-6-12;/h2-8,10,13,19H,9H2,1H3,(H,18,20)(H,21,22);/q;+1/p-1/t13-;/m0./s1. The molecule has 0 fully saturated rings. The van der Waals surface area contributed by atoms with Crippen molar-refractivity contribution in [1.82, 2.24) is 5.32 Å². The van der Waals surface area contributed by atoms with Crippen LogP contribution in [0, 0.1) is 0 Å². The molecule has 7 heteroatoms. The molecule has 0 saturated heterocycles. The van der Waals surface area contributed by atoms with Crippen LogP contribution in [0.5, 0.6) is 11.5 Å². The number of rotatable bonds is 6. The fourth-order valence-corrected chi connectivity index (χ4v) is 2.11. The van der Waals surface area contributed by atoms with Crippen LogP contribution in [0.2, 0.25) is 0 Å². The van der Waals surface area contributed by atoms with Gasteiger partial charge in [-0.15, -0.1) is 0 Å². The molecular formula is C17H16NNaO5. The molecule has 2 aromatic carbocycles. The third kappa shape index (κ3) is 5.26. The third-order valence-electron chi connectivity index (χ3n) is 3.31. The van der Waals surface area contributed by atoms with Crippen LogP contribution in [0.15, 0.2) is 48.5 Å². The van der Waals surface area contributed by atoms with E-state index in [1.807, 2.05) is 0 Å². The van der Waals surface area contributed by atoms with Gasteiger partial charge in [0.05, 0.1) is 7.11 Å². The van der Waals surface area contributed by atoms with E-state index in [-0.39, 0.29) is 47.5 Å². The zero-order valence-electron chi connectivity index (χ0n) is 13.5. The van der Waals surface area contributed by atoms with E-state index in [1.165, 1.54) is 25.3 Å². The predicted octanol–water partition coefficient (Wildman–Crippen LogP) is -1.80. The SMILES string of the molecule is COc1cc(C[C@H](NC(=O)c2ccccc2)C(=O)O)ccc1[O-].[Na+]. The molecule has 0 radical (unpaired) electrons. The van der Waals surface area contributed by atoms with E-state index in [4.69, 9.17) is 4.74 Å². The maximum atomic E-state index is 12.1. The monoisotopic (exact) mass is 337 g/mol. The van der Waals surface area contributed by atoms with E-state index in [0.29, 0.717) is 11.1 Å². The van der Waals surface area contributed by atoms with Crippen molar-refractivity contribution in [3.8, 4) is 11.5 Å². The first-order chi connectivity index (χ1) is 11.0. The van der Waals surface area contributed by atoms with Gasteiger partial charge in [0, 0.05) is 12.0 Å². The molecular weight excluding hydrogens is 321 g/mol. The molecule has 0 spiro atoms. The molecule has 1 amide bonds. The third-order valence-corrected chi connectivity index (χ3v) is 3.31. The number of nitrogens with one attached hydrogen (secondary N) is 1. The molecule has 0 aromatic heterocycles. The summed E-state index contributed by atoms with van der Waals surface area (Å²) in [5.74, 6) is -1.76. The van der Waals surface area contributed by atoms with Crippen LogP contribution in [0.4, 0.5) is 0 Å². The fourth-order valence-electron chi connectivity index (χ4n) is 2.11. The van der Waals surface area contributed by atoms with Gasteiger partial charge in [-0.1, -0.05) is 36.1 Å². The van der Waals surface area contributed by atoms with Gasteiger partial charge in [-0.2, -0.15) is 0 Å². The molecule has 0 heterocycles. The summed E-state index contributed by atoms with van der Waals surface area (Å²) in [6.45, 7) is 0. The normalized spacial score (nSPS) is 11.0. The summed E-state index contributed by atoms with van der Waals surface area (Å²) in [7, 11) is 1.37. The Hall–Kier alpha value is -2.02. The average molecular weight is 337 g/mol. The maximum absolute atomic E-state index is 12.1. The number of hydrogen-bond donors (Lipinski definition) is 2. The van der Waals surface area contributed by atoms with Crippen molar-refractivity contribution in [2.45, 2.75) is 12.5 Å². The van der Waals surface area contributed by atoms with Crippen molar-refractivity contribution in [1.29, 1.82) is 0 Å². The maximum Gasteiger partial charge on any atom is 1.00 e. The molecule has 0 bridgehead atoms. The topological polar surface area (TPSA) is 98.7 Å². The van der Waals surface area contributed by atoms with E-state index < -0.39 is 17.9 Å². The second-order valence-electron chi connectivity index (χ2n) is 4.92. The Labute approximate surface area is 161 Å². The largest absolute Gasteiger partial charge is 1.00 e. The molecule has 6 nitrogen and oxygen atoms in total. The first kappa shape index (κ1) is 20.0. The van der Waals surface area contributed by atoms with Gasteiger partial charge in [0.15, 0.2) is 0 Å². The van der Waals surface area contributed by atoms with E-state index >= 15 is 0 Å². The van der Waals surface area contributed by atoms with E-state index in [9.17, 15) is 19.8 Å². The predicted molar refractivity (Wildman–Crippen MR) is 81.5 cm³/mol. The quantitative estimate of drug-likeness (QED) is 0.606. The van der Waals surface area contributed by atoms with Crippen molar-refractivity contribution >= 4 is 11.9 Å². The number of carbonyl (C=O) groups excluding carboxylic acids is 1. The summed E-state index contributed by atoms with van der Waals surface area (Å²) in [5.41, 5.74) is 0.966. The van der Waals surface area contributed by atoms with Crippen molar-refractivity contribution in [2.24, 2.45) is 0 Å². The number of benzene rings is 2. The number of amides is 1. The van der Waals surface area contributed by atoms with Crippen molar-refractivity contribution in [2.75, 3.05) is 7.11 Å². The van der Waals surface area contributed by atoms with Crippen molar-refractivity contribution < 1.29 is 54.1 Å². The number of hydrogen-bond acceptors (Lipinski definition) is 4. The van der Waals surface area contributed by atoms with Gasteiger partial charge in [-0.25, -0.2) is 4.79 Å². The van der Waals surface area contributed by atoms with Gasteiger partial charge in [0.1, 0.15) is 11.8 Å². The van der Waals surface area contributed by atoms with Gasteiger partial charge in [-0.05, 0) is 23.8 Å². The first-order valence-corrected chi connectivity index (χ1v) is 6.94. The van der Waals surface area contributed by atoms with Gasteiger partial charge in [-0.3, -0.25) is 4.79 Å². The smallest absolute Gasteiger partial charge is 0.870 e. The molecule has 2 aromatic rings. The second kappa shape index (κ2) is 9.32. The average Bonchev–Trinajstić information content (AvgIpc) is 2.56. The Balaban J connectivity index is 0.00000288. The molecule has 2 N–H and O–H groups in total. The zero-order valence-corrected chi connectivity index (χ0v) is 15.5. The number of carbonyl (C=O) groups is 2. The molecule has 0 saturated carbocycles. The van der Waals surface area contributed by atoms with Gasteiger partial charge < -0.3 is 20.3 Å². The van der Waals surface area contributed by atoms with Crippen LogP contribution in [0.25, 0.3) is 0 Å². The van der Waals surface area contributed by atoms with E-state index in [2.05, 4.69) is 5.32 Å².